The van der Waals surface area contributed by atoms with Gasteiger partial charge in [-0.15, -0.1) is 0 Å². The van der Waals surface area contributed by atoms with E-state index >= 15 is 0 Å². The lowest BCUT2D eigenvalue weighted by molar-refractivity contribution is 0.864. The predicted molar refractivity (Wildman–Crippen MR) is 47.4 cm³/mol. The molecule has 8 heteroatoms. The van der Waals surface area contributed by atoms with E-state index in [0.29, 0.717) is 0 Å². The second-order valence-electron chi connectivity index (χ2n) is 1.47. The van der Waals surface area contributed by atoms with E-state index in [0.717, 1.165) is 9.68 Å². The first-order valence-corrected chi connectivity index (χ1v) is 6.77. The molecule has 0 saturated heterocycles. The monoisotopic (exact) mass is 213 g/mol. The molecule has 0 unspecified atom stereocenters. The van der Waals surface area contributed by atoms with Gasteiger partial charge in [-0.05, 0) is 7.05 Å². The summed E-state index contributed by atoms with van der Waals surface area (Å²) in [4.78, 5) is 3.17. The molecule has 0 aliphatic rings. The van der Waals surface area contributed by atoms with Gasteiger partial charge in [0.1, 0.15) is 40.9 Å². The Morgan fingerprint density at radius 3 is 2.00 bits per heavy atom. The van der Waals surface area contributed by atoms with Gasteiger partial charge in [-0.1, -0.05) is 6.55 Å². The smallest absolute Gasteiger partial charge is 0.294 e. The molecule has 0 fully saturated rings. The third-order valence-electron chi connectivity index (χ3n) is 0.871. The first-order valence-electron chi connectivity index (χ1n) is 2.59. The van der Waals surface area contributed by atoms with Crippen molar-refractivity contribution in [1.82, 2.24) is 12.8 Å². The minimum atomic E-state index is -0.860. The van der Waals surface area contributed by atoms with Crippen LogP contribution in [0, 0.1) is 0 Å². The Balaban J connectivity index is 3.80. The lowest BCUT2D eigenvalue weighted by atomic mass is 11.6. The van der Waals surface area contributed by atoms with Crippen LogP contribution in [-0.2, 0) is 0 Å². The van der Waals surface area contributed by atoms with Gasteiger partial charge >= 0.3 is 0 Å². The maximum absolute atomic E-state index is 3.48. The molecule has 3 nitrogen and oxygen atoms in total. The van der Waals surface area contributed by atoms with E-state index < -0.39 is 9.28 Å². The molecule has 0 aromatic rings. The van der Waals surface area contributed by atoms with E-state index in [1.54, 1.807) is 0 Å². The highest BCUT2D eigenvalue weighted by molar-refractivity contribution is 6.74. The number of hydrogen-bond acceptors (Lipinski definition) is 3. The Morgan fingerprint density at radius 2 is 1.90 bits per heavy atom. The second kappa shape index (κ2) is 5.59. The summed E-state index contributed by atoms with van der Waals surface area (Å²) in [5, 5.41) is 0. The van der Waals surface area contributed by atoms with Gasteiger partial charge in [-0.25, -0.2) is 0 Å². The molecule has 0 saturated carbocycles. The van der Waals surface area contributed by atoms with Crippen LogP contribution in [0.2, 0.25) is 6.55 Å². The fourth-order valence-corrected chi connectivity index (χ4v) is 5.67. The third kappa shape index (κ3) is 3.38. The van der Waals surface area contributed by atoms with Gasteiger partial charge in [0.25, 0.3) is 9.28 Å². The highest BCUT2D eigenvalue weighted by Gasteiger charge is 2.17. The number of hydrogen-bond donors (Lipinski definition) is 1. The molecular weight excluding hydrogens is 206 g/mol. The maximum Gasteiger partial charge on any atom is 0.294 e. The average molecular weight is 214 g/mol. The Morgan fingerprint density at radius 1 is 1.40 bits per heavy atom. The minimum Gasteiger partial charge on any atom is -0.350 e. The van der Waals surface area contributed by atoms with E-state index in [1.165, 1.54) is 0 Å². The second-order valence-corrected chi connectivity index (χ2v) is 8.43. The lowest BCUT2D eigenvalue weighted by Crippen LogP contribution is -2.59. The molecule has 0 atom stereocenters. The standard InChI is InChI=1S/C2H7N3Si5/c1-3-10(4(6)7)5(8)9-2/h3H,1-2H3. The summed E-state index contributed by atoms with van der Waals surface area (Å²) in [5.41, 5.74) is 0. The summed E-state index contributed by atoms with van der Waals surface area (Å²) in [6, 6.07) is 0. The molecule has 0 aromatic carbocycles. The van der Waals surface area contributed by atoms with Crippen LogP contribution in [0.25, 0.3) is 0 Å². The molecule has 12 radical (unpaired) electrons. The SMILES string of the molecule is CN[Si](N([Si])[Si])N([Si])[Si]C. The van der Waals surface area contributed by atoms with Crippen LogP contribution in [0.3, 0.4) is 0 Å². The van der Waals surface area contributed by atoms with Crippen molar-refractivity contribution >= 4 is 50.2 Å². The Bertz CT molecular complexity index is 89.0. The van der Waals surface area contributed by atoms with Crippen LogP contribution in [0.5, 0.6) is 0 Å². The van der Waals surface area contributed by atoms with Gasteiger partial charge in [-0.3, -0.25) is 0 Å². The average Bonchev–Trinajstić information content (AvgIpc) is 1.88. The minimum absolute atomic E-state index is 0.737. The fraction of sp³-hybridized carbons (Fsp3) is 1.00. The van der Waals surface area contributed by atoms with Crippen LogP contribution in [0.15, 0.2) is 0 Å². The summed E-state index contributed by atoms with van der Waals surface area (Å²) in [7, 11) is 12.0. The van der Waals surface area contributed by atoms with Gasteiger partial charge in [-0.2, -0.15) is 0 Å². The van der Waals surface area contributed by atoms with Crippen molar-refractivity contribution in [3.05, 3.63) is 0 Å². The quantitative estimate of drug-likeness (QED) is 0.531. The molecule has 0 spiro atoms. The molecule has 0 amide bonds. The molecule has 10 heavy (non-hydrogen) atoms. The van der Waals surface area contributed by atoms with Crippen molar-refractivity contribution in [2.45, 2.75) is 6.55 Å². The zero-order chi connectivity index (χ0) is 8.15. The topological polar surface area (TPSA) is 18.5 Å². The molecule has 0 rings (SSSR count). The van der Waals surface area contributed by atoms with Gasteiger partial charge in [0.2, 0.25) is 0 Å². The molecule has 0 aromatic heterocycles. The summed E-state index contributed by atoms with van der Waals surface area (Å²) in [6.45, 7) is 2.11. The molecule has 0 heterocycles. The van der Waals surface area contributed by atoms with Gasteiger partial charge in [0.05, 0.1) is 0 Å². The van der Waals surface area contributed by atoms with Crippen LogP contribution < -0.4 is 4.98 Å². The third-order valence-corrected chi connectivity index (χ3v) is 6.50. The van der Waals surface area contributed by atoms with Crippen molar-refractivity contribution in [1.29, 1.82) is 0 Å². The first-order chi connectivity index (χ1) is 4.63. The van der Waals surface area contributed by atoms with Crippen LogP contribution >= 0.6 is 0 Å². The molecule has 50 valence electrons. The molecule has 1 N–H and O–H groups in total. The number of nitrogens with zero attached hydrogens (tertiary/aromatic N) is 2. The summed E-state index contributed by atoms with van der Waals surface area (Å²) < 4.78 is 3.89. The number of nitrogens with one attached hydrogen (secondary N) is 1. The van der Waals surface area contributed by atoms with Crippen molar-refractivity contribution in [3.63, 3.8) is 0 Å². The lowest BCUT2D eigenvalue weighted by Gasteiger charge is -2.28. The first kappa shape index (κ1) is 11.0. The van der Waals surface area contributed by atoms with Crippen molar-refractivity contribution in [2.75, 3.05) is 7.05 Å². The van der Waals surface area contributed by atoms with E-state index in [4.69, 9.17) is 0 Å². The molecule has 0 aliphatic heterocycles. The Labute approximate surface area is 76.8 Å². The van der Waals surface area contributed by atoms with E-state index in [1.807, 2.05) is 10.9 Å². The normalized spacial score (nSPS) is 12.0. The summed E-state index contributed by atoms with van der Waals surface area (Å²) in [6.07, 6.45) is 0. The van der Waals surface area contributed by atoms with E-state index in [9.17, 15) is 0 Å². The summed E-state index contributed by atoms with van der Waals surface area (Å²) in [5.74, 6) is 0. The molecular formula is C2H7N3Si5. The fourth-order valence-electron chi connectivity index (χ4n) is 0.430. The Kier molecular flexibility index (Phi) is 6.13. The van der Waals surface area contributed by atoms with Gasteiger partial charge in [0.15, 0.2) is 0 Å². The van der Waals surface area contributed by atoms with Crippen molar-refractivity contribution in [2.24, 2.45) is 0 Å². The molecule has 0 aliphatic carbocycles. The highest BCUT2D eigenvalue weighted by atomic mass is 28.4. The summed E-state index contributed by atoms with van der Waals surface area (Å²) >= 11 is 0. The van der Waals surface area contributed by atoms with Crippen LogP contribution in [0.1, 0.15) is 0 Å². The van der Waals surface area contributed by atoms with E-state index in [2.05, 4.69) is 46.6 Å². The largest absolute Gasteiger partial charge is 0.350 e. The predicted octanol–water partition coefficient (Wildman–Crippen LogP) is -2.29. The molecule has 0 bridgehead atoms. The maximum atomic E-state index is 3.48. The van der Waals surface area contributed by atoms with Crippen molar-refractivity contribution in [3.8, 4) is 0 Å². The number of rotatable bonds is 4. The van der Waals surface area contributed by atoms with Crippen LogP contribution in [0.4, 0.5) is 0 Å². The zero-order valence-electron chi connectivity index (χ0n) is 5.89. The Hall–Kier alpha value is 0.964. The van der Waals surface area contributed by atoms with Crippen molar-refractivity contribution < 1.29 is 0 Å². The van der Waals surface area contributed by atoms with Gasteiger partial charge in [0, 0.05) is 0 Å². The van der Waals surface area contributed by atoms with Gasteiger partial charge < -0.3 is 12.8 Å². The zero-order valence-corrected chi connectivity index (χ0v) is 10.9. The highest BCUT2D eigenvalue weighted by Crippen LogP contribution is 1.84. The van der Waals surface area contributed by atoms with E-state index in [-0.39, 0.29) is 0 Å². The van der Waals surface area contributed by atoms with Crippen LogP contribution in [-0.4, -0.2) is 65.0 Å².